The summed E-state index contributed by atoms with van der Waals surface area (Å²) in [6, 6.07) is 0.403. The van der Waals surface area contributed by atoms with Gasteiger partial charge >= 0.3 is 0 Å². The van der Waals surface area contributed by atoms with E-state index < -0.39 is 0 Å². The standard InChI is InChI=1S/C13H25N3O2/c1-4-16-7-6-15-13(16)11-12(14-2)5-8-18-10-9-17-3/h6-7,12,14H,4-5,8-11H2,1-3H3. The number of rotatable bonds is 10. The molecule has 1 heterocycles. The molecule has 1 N–H and O–H groups in total. The van der Waals surface area contributed by atoms with Crippen molar-refractivity contribution in [2.45, 2.75) is 32.4 Å². The fourth-order valence-electron chi connectivity index (χ4n) is 1.86. The molecule has 0 saturated heterocycles. The molecule has 1 aromatic heterocycles. The first-order valence-corrected chi connectivity index (χ1v) is 6.55. The maximum absolute atomic E-state index is 5.49. The van der Waals surface area contributed by atoms with Crippen LogP contribution < -0.4 is 5.32 Å². The summed E-state index contributed by atoms with van der Waals surface area (Å²) in [5.74, 6) is 1.13. The maximum atomic E-state index is 5.49. The minimum atomic E-state index is 0.403. The highest BCUT2D eigenvalue weighted by Gasteiger charge is 2.10. The van der Waals surface area contributed by atoms with Crippen LogP contribution in [0.15, 0.2) is 12.4 Å². The first kappa shape index (κ1) is 15.1. The van der Waals surface area contributed by atoms with Gasteiger partial charge in [-0.2, -0.15) is 0 Å². The molecule has 0 aliphatic rings. The summed E-state index contributed by atoms with van der Waals surface area (Å²) < 4.78 is 12.6. The lowest BCUT2D eigenvalue weighted by atomic mass is 10.1. The van der Waals surface area contributed by atoms with Crippen LogP contribution in [0, 0.1) is 0 Å². The van der Waals surface area contributed by atoms with Crippen molar-refractivity contribution in [3.8, 4) is 0 Å². The zero-order valence-corrected chi connectivity index (χ0v) is 11.7. The average molecular weight is 255 g/mol. The van der Waals surface area contributed by atoms with Gasteiger partial charge in [0.2, 0.25) is 0 Å². The van der Waals surface area contributed by atoms with Gasteiger partial charge < -0.3 is 19.4 Å². The van der Waals surface area contributed by atoms with Gasteiger partial charge in [-0.05, 0) is 20.4 Å². The van der Waals surface area contributed by atoms with Crippen LogP contribution in [-0.2, 0) is 22.4 Å². The van der Waals surface area contributed by atoms with Crippen molar-refractivity contribution >= 4 is 0 Å². The lowest BCUT2D eigenvalue weighted by Gasteiger charge is -2.16. The fraction of sp³-hybridized carbons (Fsp3) is 0.769. The third kappa shape index (κ3) is 5.16. The fourth-order valence-corrected chi connectivity index (χ4v) is 1.86. The Morgan fingerprint density at radius 3 is 2.89 bits per heavy atom. The van der Waals surface area contributed by atoms with E-state index in [1.165, 1.54) is 0 Å². The number of aryl methyl sites for hydroxylation is 1. The maximum Gasteiger partial charge on any atom is 0.110 e. The molecule has 5 heteroatoms. The van der Waals surface area contributed by atoms with Crippen LogP contribution in [0.1, 0.15) is 19.2 Å². The summed E-state index contributed by atoms with van der Waals surface area (Å²) in [7, 11) is 3.67. The van der Waals surface area contributed by atoms with Gasteiger partial charge in [-0.3, -0.25) is 0 Å². The number of likely N-dealkylation sites (N-methyl/N-ethyl adjacent to an activating group) is 1. The highest BCUT2D eigenvalue weighted by molar-refractivity contribution is 4.95. The summed E-state index contributed by atoms with van der Waals surface area (Å²) in [6.07, 6.45) is 5.81. The zero-order chi connectivity index (χ0) is 13.2. The quantitative estimate of drug-likeness (QED) is 0.636. The van der Waals surface area contributed by atoms with E-state index in [1.807, 2.05) is 19.4 Å². The largest absolute Gasteiger partial charge is 0.382 e. The van der Waals surface area contributed by atoms with Crippen molar-refractivity contribution < 1.29 is 9.47 Å². The Hall–Kier alpha value is -0.910. The van der Waals surface area contributed by atoms with Gasteiger partial charge in [-0.1, -0.05) is 0 Å². The Kier molecular flexibility index (Phi) is 7.64. The molecule has 104 valence electrons. The topological polar surface area (TPSA) is 48.3 Å². The highest BCUT2D eigenvalue weighted by atomic mass is 16.5. The number of hydrogen-bond acceptors (Lipinski definition) is 4. The van der Waals surface area contributed by atoms with Gasteiger partial charge in [0, 0.05) is 45.1 Å². The smallest absolute Gasteiger partial charge is 0.110 e. The Balaban J connectivity index is 2.29. The second-order valence-corrected chi connectivity index (χ2v) is 4.21. The molecule has 0 aliphatic carbocycles. The van der Waals surface area contributed by atoms with Crippen molar-refractivity contribution in [1.82, 2.24) is 14.9 Å². The molecule has 18 heavy (non-hydrogen) atoms. The second-order valence-electron chi connectivity index (χ2n) is 4.21. The predicted molar refractivity (Wildman–Crippen MR) is 71.8 cm³/mol. The van der Waals surface area contributed by atoms with Gasteiger partial charge in [0.25, 0.3) is 0 Å². The van der Waals surface area contributed by atoms with E-state index in [0.717, 1.165) is 31.8 Å². The molecule has 0 bridgehead atoms. The third-order valence-electron chi connectivity index (χ3n) is 3.02. The van der Waals surface area contributed by atoms with E-state index in [9.17, 15) is 0 Å². The number of ether oxygens (including phenoxy) is 2. The lowest BCUT2D eigenvalue weighted by molar-refractivity contribution is 0.0660. The molecule has 0 fully saturated rings. The normalized spacial score (nSPS) is 12.8. The minimum Gasteiger partial charge on any atom is -0.382 e. The van der Waals surface area contributed by atoms with Crippen molar-refractivity contribution in [2.24, 2.45) is 0 Å². The average Bonchev–Trinajstić information content (AvgIpc) is 2.84. The molecule has 1 unspecified atom stereocenters. The number of nitrogens with zero attached hydrogens (tertiary/aromatic N) is 2. The molecule has 0 aromatic carbocycles. The molecule has 1 aromatic rings. The molecule has 1 atom stereocenters. The van der Waals surface area contributed by atoms with E-state index in [-0.39, 0.29) is 0 Å². The number of aromatic nitrogens is 2. The molecule has 1 rings (SSSR count). The van der Waals surface area contributed by atoms with Gasteiger partial charge in [-0.25, -0.2) is 4.98 Å². The van der Waals surface area contributed by atoms with Crippen LogP contribution in [0.2, 0.25) is 0 Å². The number of hydrogen-bond donors (Lipinski definition) is 1. The van der Waals surface area contributed by atoms with Crippen LogP contribution in [0.4, 0.5) is 0 Å². The second kappa shape index (κ2) is 9.08. The van der Waals surface area contributed by atoms with Gasteiger partial charge in [-0.15, -0.1) is 0 Å². The monoisotopic (exact) mass is 255 g/mol. The van der Waals surface area contributed by atoms with Gasteiger partial charge in [0.15, 0.2) is 0 Å². The number of imidazole rings is 1. The zero-order valence-electron chi connectivity index (χ0n) is 11.7. The van der Waals surface area contributed by atoms with E-state index >= 15 is 0 Å². The Bertz CT molecular complexity index is 315. The van der Waals surface area contributed by atoms with Gasteiger partial charge in [0.05, 0.1) is 13.2 Å². The summed E-state index contributed by atoms with van der Waals surface area (Å²) >= 11 is 0. The Morgan fingerprint density at radius 2 is 2.22 bits per heavy atom. The summed E-state index contributed by atoms with van der Waals surface area (Å²) in [5.41, 5.74) is 0. The lowest BCUT2D eigenvalue weighted by Crippen LogP contribution is -2.30. The minimum absolute atomic E-state index is 0.403. The van der Waals surface area contributed by atoms with E-state index in [2.05, 4.69) is 21.8 Å². The first-order chi connectivity index (χ1) is 8.81. The molecule has 0 radical (unpaired) electrons. The van der Waals surface area contributed by atoms with Crippen LogP contribution in [0.25, 0.3) is 0 Å². The third-order valence-corrected chi connectivity index (χ3v) is 3.02. The Labute approximate surface area is 109 Å². The highest BCUT2D eigenvalue weighted by Crippen LogP contribution is 2.05. The van der Waals surface area contributed by atoms with Crippen LogP contribution in [-0.4, -0.2) is 49.6 Å². The molecule has 0 aliphatic heterocycles. The summed E-state index contributed by atoms with van der Waals surface area (Å²) in [5, 5.41) is 3.32. The molecule has 5 nitrogen and oxygen atoms in total. The van der Waals surface area contributed by atoms with Crippen LogP contribution in [0.3, 0.4) is 0 Å². The molecular formula is C13H25N3O2. The summed E-state index contributed by atoms with van der Waals surface area (Å²) in [4.78, 5) is 4.39. The van der Waals surface area contributed by atoms with Crippen molar-refractivity contribution in [1.29, 1.82) is 0 Å². The Morgan fingerprint density at radius 1 is 1.39 bits per heavy atom. The van der Waals surface area contributed by atoms with Crippen LogP contribution in [0.5, 0.6) is 0 Å². The summed E-state index contributed by atoms with van der Waals surface area (Å²) in [6.45, 7) is 5.17. The van der Waals surface area contributed by atoms with Crippen molar-refractivity contribution in [3.63, 3.8) is 0 Å². The van der Waals surface area contributed by atoms with E-state index in [4.69, 9.17) is 9.47 Å². The predicted octanol–water partition coefficient (Wildman–Crippen LogP) is 1.09. The first-order valence-electron chi connectivity index (χ1n) is 6.55. The van der Waals surface area contributed by atoms with E-state index in [1.54, 1.807) is 7.11 Å². The van der Waals surface area contributed by atoms with Crippen LogP contribution >= 0.6 is 0 Å². The van der Waals surface area contributed by atoms with E-state index in [0.29, 0.717) is 19.3 Å². The molecule has 0 saturated carbocycles. The molecular weight excluding hydrogens is 230 g/mol. The van der Waals surface area contributed by atoms with Gasteiger partial charge in [0.1, 0.15) is 5.82 Å². The number of methoxy groups -OCH3 is 1. The van der Waals surface area contributed by atoms with Crippen molar-refractivity contribution in [3.05, 3.63) is 18.2 Å². The SMILES string of the molecule is CCn1ccnc1CC(CCOCCOC)NC. The van der Waals surface area contributed by atoms with Crippen molar-refractivity contribution in [2.75, 3.05) is 34.0 Å². The number of nitrogens with one attached hydrogen (secondary N) is 1. The molecule has 0 spiro atoms. The molecule has 0 amide bonds.